The fourth-order valence-electron chi connectivity index (χ4n) is 2.82. The van der Waals surface area contributed by atoms with E-state index in [1.807, 2.05) is 24.4 Å². The largest absolute Gasteiger partial charge is 0.381 e. The zero-order valence-corrected chi connectivity index (χ0v) is 15.1. The Balaban J connectivity index is 1.49. The minimum atomic E-state index is -0.336. The summed E-state index contributed by atoms with van der Waals surface area (Å²) >= 11 is 1.49. The van der Waals surface area contributed by atoms with E-state index in [2.05, 4.69) is 27.8 Å². The number of benzene rings is 1. The Morgan fingerprint density at radius 1 is 1.32 bits per heavy atom. The molecule has 0 atom stereocenters. The van der Waals surface area contributed by atoms with Crippen molar-refractivity contribution in [3.05, 3.63) is 47.0 Å². The lowest BCUT2D eigenvalue weighted by Crippen LogP contribution is -2.49. The summed E-state index contributed by atoms with van der Waals surface area (Å²) in [6, 6.07) is 9.94. The number of rotatable bonds is 6. The number of anilines is 1. The van der Waals surface area contributed by atoms with E-state index >= 15 is 0 Å². The van der Waals surface area contributed by atoms with E-state index in [-0.39, 0.29) is 11.6 Å². The number of thiazole rings is 1. The van der Waals surface area contributed by atoms with Gasteiger partial charge in [0.2, 0.25) is 0 Å². The monoisotopic (exact) mass is 361 g/mol. The van der Waals surface area contributed by atoms with Crippen LogP contribution in [0.4, 0.5) is 9.93 Å². The fourth-order valence-corrected chi connectivity index (χ4v) is 3.66. The molecule has 6 nitrogen and oxygen atoms in total. The van der Waals surface area contributed by atoms with Crippen LogP contribution in [0.3, 0.4) is 0 Å². The highest BCUT2D eigenvalue weighted by Gasteiger charge is 2.32. The SMILES string of the molecule is COC1(CNC(=O)Nc2ncc(Cc3ccccc3)s2)CCOCC1. The molecule has 2 heterocycles. The van der Waals surface area contributed by atoms with Crippen LogP contribution in [0.15, 0.2) is 36.5 Å². The normalized spacial score (nSPS) is 16.4. The predicted octanol–water partition coefficient (Wildman–Crippen LogP) is 3.05. The van der Waals surface area contributed by atoms with Gasteiger partial charge in [-0.25, -0.2) is 9.78 Å². The van der Waals surface area contributed by atoms with Crippen molar-refractivity contribution in [2.45, 2.75) is 24.9 Å². The van der Waals surface area contributed by atoms with Crippen LogP contribution in [0.1, 0.15) is 23.3 Å². The van der Waals surface area contributed by atoms with E-state index in [0.717, 1.165) is 24.1 Å². The quantitative estimate of drug-likeness (QED) is 0.829. The number of urea groups is 1. The van der Waals surface area contributed by atoms with Crippen molar-refractivity contribution in [1.29, 1.82) is 0 Å². The van der Waals surface area contributed by atoms with Gasteiger partial charge >= 0.3 is 6.03 Å². The zero-order chi connectivity index (χ0) is 17.5. The lowest BCUT2D eigenvalue weighted by atomic mass is 9.94. The molecule has 0 saturated carbocycles. The molecule has 0 unspecified atom stereocenters. The third-order valence-corrected chi connectivity index (χ3v) is 5.32. The summed E-state index contributed by atoms with van der Waals surface area (Å²) in [5.41, 5.74) is 0.889. The molecular formula is C18H23N3O3S. The standard InChI is InChI=1S/C18H23N3O3S/c1-23-18(7-9-24-10-8-18)13-20-16(22)21-17-19-12-15(25-17)11-14-5-3-2-4-6-14/h2-6,12H,7-11,13H2,1H3,(H2,19,20,21,22). The van der Waals surface area contributed by atoms with Crippen LogP contribution in [-0.4, -0.2) is 43.5 Å². The molecule has 0 radical (unpaired) electrons. The lowest BCUT2D eigenvalue weighted by Gasteiger charge is -2.35. The van der Waals surface area contributed by atoms with Crippen LogP contribution < -0.4 is 10.6 Å². The maximum atomic E-state index is 12.1. The molecular weight excluding hydrogens is 338 g/mol. The summed E-state index contributed by atoms with van der Waals surface area (Å²) in [6.07, 6.45) is 4.18. The molecule has 1 saturated heterocycles. The molecule has 3 rings (SSSR count). The molecule has 134 valence electrons. The number of ether oxygens (including phenoxy) is 2. The topological polar surface area (TPSA) is 72.5 Å². The third kappa shape index (κ3) is 5.01. The molecule has 1 aromatic heterocycles. The molecule has 1 aliphatic rings. The summed E-state index contributed by atoms with van der Waals surface area (Å²) < 4.78 is 11.0. The van der Waals surface area contributed by atoms with Crippen LogP contribution in [0.2, 0.25) is 0 Å². The first-order valence-electron chi connectivity index (χ1n) is 8.35. The van der Waals surface area contributed by atoms with Crippen molar-refractivity contribution in [1.82, 2.24) is 10.3 Å². The predicted molar refractivity (Wildman–Crippen MR) is 98.2 cm³/mol. The number of carbonyl (C=O) groups excluding carboxylic acids is 1. The third-order valence-electron chi connectivity index (χ3n) is 4.40. The van der Waals surface area contributed by atoms with Crippen LogP contribution in [-0.2, 0) is 15.9 Å². The van der Waals surface area contributed by atoms with Gasteiger partial charge in [0.1, 0.15) is 0 Å². The van der Waals surface area contributed by atoms with Crippen LogP contribution in [0, 0.1) is 0 Å². The Morgan fingerprint density at radius 2 is 2.08 bits per heavy atom. The van der Waals surface area contributed by atoms with E-state index < -0.39 is 0 Å². The number of nitrogens with one attached hydrogen (secondary N) is 2. The van der Waals surface area contributed by atoms with Gasteiger partial charge in [0.05, 0.1) is 5.60 Å². The minimum absolute atomic E-state index is 0.261. The van der Waals surface area contributed by atoms with Crippen molar-refractivity contribution in [3.63, 3.8) is 0 Å². The summed E-state index contributed by atoms with van der Waals surface area (Å²) in [4.78, 5) is 17.5. The molecule has 2 N–H and O–H groups in total. The number of carbonyl (C=O) groups is 1. The van der Waals surface area contributed by atoms with Gasteiger partial charge in [0.25, 0.3) is 0 Å². The lowest BCUT2D eigenvalue weighted by molar-refractivity contribution is -0.0859. The van der Waals surface area contributed by atoms with Crippen molar-refractivity contribution in [2.24, 2.45) is 0 Å². The second-order valence-electron chi connectivity index (χ2n) is 6.10. The molecule has 0 spiro atoms. The van der Waals surface area contributed by atoms with Gasteiger partial charge in [0, 0.05) is 57.2 Å². The number of hydrogen-bond donors (Lipinski definition) is 2. The van der Waals surface area contributed by atoms with E-state index in [4.69, 9.17) is 9.47 Å². The summed E-state index contributed by atoms with van der Waals surface area (Å²) in [5.74, 6) is 0. The summed E-state index contributed by atoms with van der Waals surface area (Å²) in [6.45, 7) is 1.78. The second-order valence-corrected chi connectivity index (χ2v) is 7.22. The first-order chi connectivity index (χ1) is 12.2. The number of amides is 2. The molecule has 0 bridgehead atoms. The summed E-state index contributed by atoms with van der Waals surface area (Å²) in [5, 5.41) is 6.29. The average molecular weight is 361 g/mol. The van der Waals surface area contributed by atoms with Crippen LogP contribution >= 0.6 is 11.3 Å². The van der Waals surface area contributed by atoms with Gasteiger partial charge in [-0.15, -0.1) is 11.3 Å². The highest BCUT2D eigenvalue weighted by Crippen LogP contribution is 2.24. The Bertz CT molecular complexity index is 684. The Morgan fingerprint density at radius 3 is 2.80 bits per heavy atom. The van der Waals surface area contributed by atoms with E-state index in [9.17, 15) is 4.79 Å². The van der Waals surface area contributed by atoms with Gasteiger partial charge in [0.15, 0.2) is 5.13 Å². The van der Waals surface area contributed by atoms with Crippen LogP contribution in [0.25, 0.3) is 0 Å². The smallest absolute Gasteiger partial charge is 0.321 e. The molecule has 2 amide bonds. The second kappa shape index (κ2) is 8.42. The Hall–Kier alpha value is -1.96. The van der Waals surface area contributed by atoms with Crippen LogP contribution in [0.5, 0.6) is 0 Å². The van der Waals surface area contributed by atoms with Crippen molar-refractivity contribution in [3.8, 4) is 0 Å². The van der Waals surface area contributed by atoms with Crippen molar-refractivity contribution < 1.29 is 14.3 Å². The summed E-state index contributed by atoms with van der Waals surface area (Å²) in [7, 11) is 1.68. The van der Waals surface area contributed by atoms with E-state index in [1.165, 1.54) is 16.9 Å². The van der Waals surface area contributed by atoms with E-state index in [0.29, 0.717) is 24.9 Å². The minimum Gasteiger partial charge on any atom is -0.381 e. The Kier molecular flexibility index (Phi) is 6.01. The number of aromatic nitrogens is 1. The first-order valence-corrected chi connectivity index (χ1v) is 9.17. The van der Waals surface area contributed by atoms with Gasteiger partial charge in [-0.2, -0.15) is 0 Å². The number of methoxy groups -OCH3 is 1. The molecule has 1 aliphatic heterocycles. The maximum Gasteiger partial charge on any atom is 0.321 e. The molecule has 1 fully saturated rings. The average Bonchev–Trinajstić information content (AvgIpc) is 3.08. The van der Waals surface area contributed by atoms with E-state index in [1.54, 1.807) is 7.11 Å². The molecule has 0 aliphatic carbocycles. The Labute approximate surface area is 151 Å². The highest BCUT2D eigenvalue weighted by atomic mass is 32.1. The molecule has 1 aromatic carbocycles. The van der Waals surface area contributed by atoms with Gasteiger partial charge < -0.3 is 14.8 Å². The molecule has 25 heavy (non-hydrogen) atoms. The number of nitrogens with zero attached hydrogens (tertiary/aromatic N) is 1. The first kappa shape index (κ1) is 17.8. The molecule has 7 heteroatoms. The number of hydrogen-bond acceptors (Lipinski definition) is 5. The zero-order valence-electron chi connectivity index (χ0n) is 14.3. The maximum absolute atomic E-state index is 12.1. The highest BCUT2D eigenvalue weighted by molar-refractivity contribution is 7.15. The van der Waals surface area contributed by atoms with Crippen molar-refractivity contribution >= 4 is 22.5 Å². The van der Waals surface area contributed by atoms with Crippen molar-refractivity contribution in [2.75, 3.05) is 32.2 Å². The van der Waals surface area contributed by atoms with Gasteiger partial charge in [-0.3, -0.25) is 5.32 Å². The van der Waals surface area contributed by atoms with Gasteiger partial charge in [-0.05, 0) is 5.56 Å². The fraction of sp³-hybridized carbons (Fsp3) is 0.444. The molecule has 2 aromatic rings. The van der Waals surface area contributed by atoms with Gasteiger partial charge in [-0.1, -0.05) is 30.3 Å².